The molecular formula is C21H18F3NO3S. The Balaban J connectivity index is 1.60. The first-order chi connectivity index (χ1) is 13.7. The van der Waals surface area contributed by atoms with Crippen LogP contribution in [0.3, 0.4) is 0 Å². The number of halogens is 3. The van der Waals surface area contributed by atoms with E-state index in [-0.39, 0.29) is 6.42 Å². The van der Waals surface area contributed by atoms with E-state index in [0.29, 0.717) is 34.9 Å². The molecule has 0 saturated carbocycles. The molecule has 4 nitrogen and oxygen atoms in total. The number of aliphatic carboxylic acids is 1. The zero-order chi connectivity index (χ0) is 21.0. The number of carboxylic acids is 1. The second-order valence-electron chi connectivity index (χ2n) is 6.42. The SMILES string of the molecule is Cc1nc(-c2ccc(C(F)(F)F)cc2)sc1CCOc1ccc(CC(=O)O)cc1. The molecule has 2 aromatic carbocycles. The predicted molar refractivity (Wildman–Crippen MR) is 104 cm³/mol. The maximum atomic E-state index is 12.7. The molecule has 0 unspecified atom stereocenters. The van der Waals surface area contributed by atoms with Gasteiger partial charge < -0.3 is 9.84 Å². The van der Waals surface area contributed by atoms with Crippen molar-refractivity contribution in [2.45, 2.75) is 25.9 Å². The lowest BCUT2D eigenvalue weighted by molar-refractivity contribution is -0.138. The van der Waals surface area contributed by atoms with Crippen molar-refractivity contribution in [2.24, 2.45) is 0 Å². The monoisotopic (exact) mass is 421 g/mol. The Bertz CT molecular complexity index is 980. The third-order valence-corrected chi connectivity index (χ3v) is 5.49. The average molecular weight is 421 g/mol. The number of hydrogen-bond donors (Lipinski definition) is 1. The molecule has 29 heavy (non-hydrogen) atoms. The molecule has 0 spiro atoms. The lowest BCUT2D eigenvalue weighted by Crippen LogP contribution is -2.03. The van der Waals surface area contributed by atoms with E-state index in [2.05, 4.69) is 4.98 Å². The van der Waals surface area contributed by atoms with Gasteiger partial charge in [0.05, 0.1) is 24.3 Å². The summed E-state index contributed by atoms with van der Waals surface area (Å²) in [6.07, 6.45) is -3.78. The summed E-state index contributed by atoms with van der Waals surface area (Å²) in [7, 11) is 0. The molecule has 3 aromatic rings. The van der Waals surface area contributed by atoms with E-state index in [4.69, 9.17) is 9.84 Å². The molecule has 3 rings (SSSR count). The van der Waals surface area contributed by atoms with Gasteiger partial charge in [-0.15, -0.1) is 11.3 Å². The number of carbonyl (C=O) groups is 1. The highest BCUT2D eigenvalue weighted by atomic mass is 32.1. The molecule has 0 radical (unpaired) electrons. The standard InChI is InChI=1S/C21H18F3NO3S/c1-13-18(10-11-28-17-8-2-14(3-9-17)12-19(26)27)29-20(25-13)15-4-6-16(7-5-15)21(22,23)24/h2-9H,10-12H2,1H3,(H,26,27). The lowest BCUT2D eigenvalue weighted by Gasteiger charge is -2.06. The molecule has 1 N–H and O–H groups in total. The molecule has 0 atom stereocenters. The largest absolute Gasteiger partial charge is 0.493 e. The van der Waals surface area contributed by atoms with E-state index in [0.717, 1.165) is 22.7 Å². The van der Waals surface area contributed by atoms with Gasteiger partial charge in [-0.25, -0.2) is 4.98 Å². The van der Waals surface area contributed by atoms with Crippen molar-refractivity contribution >= 4 is 17.3 Å². The second-order valence-corrected chi connectivity index (χ2v) is 7.50. The van der Waals surface area contributed by atoms with Crippen LogP contribution < -0.4 is 4.74 Å². The Kier molecular flexibility index (Phi) is 6.22. The fourth-order valence-corrected chi connectivity index (χ4v) is 3.77. The van der Waals surface area contributed by atoms with Crippen LogP contribution in [0.5, 0.6) is 5.75 Å². The quantitative estimate of drug-likeness (QED) is 0.556. The van der Waals surface area contributed by atoms with Gasteiger partial charge in [0.2, 0.25) is 0 Å². The molecule has 0 saturated heterocycles. The Morgan fingerprint density at radius 3 is 2.34 bits per heavy atom. The van der Waals surface area contributed by atoms with E-state index in [1.807, 2.05) is 6.92 Å². The topological polar surface area (TPSA) is 59.4 Å². The summed E-state index contributed by atoms with van der Waals surface area (Å²) in [4.78, 5) is 16.2. The van der Waals surface area contributed by atoms with Gasteiger partial charge in [-0.1, -0.05) is 24.3 Å². The molecule has 0 bridgehead atoms. The first kappa shape index (κ1) is 20.9. The van der Waals surface area contributed by atoms with Gasteiger partial charge in [0.25, 0.3) is 0 Å². The lowest BCUT2D eigenvalue weighted by atomic mass is 10.1. The number of aryl methyl sites for hydroxylation is 1. The summed E-state index contributed by atoms with van der Waals surface area (Å²) >= 11 is 1.43. The van der Waals surface area contributed by atoms with E-state index >= 15 is 0 Å². The molecule has 8 heteroatoms. The van der Waals surface area contributed by atoms with E-state index < -0.39 is 17.7 Å². The number of thiazole rings is 1. The van der Waals surface area contributed by atoms with Crippen LogP contribution >= 0.6 is 11.3 Å². The van der Waals surface area contributed by atoms with Crippen LogP contribution in [0, 0.1) is 6.92 Å². The zero-order valence-corrected chi connectivity index (χ0v) is 16.3. The van der Waals surface area contributed by atoms with E-state index in [1.165, 1.54) is 23.5 Å². The highest BCUT2D eigenvalue weighted by Crippen LogP contribution is 2.33. The zero-order valence-electron chi connectivity index (χ0n) is 15.5. The minimum atomic E-state index is -4.36. The van der Waals surface area contributed by atoms with Gasteiger partial charge >= 0.3 is 12.1 Å². The molecule has 0 amide bonds. The average Bonchev–Trinajstić information content (AvgIpc) is 3.03. The summed E-state index contributed by atoms with van der Waals surface area (Å²) < 4.78 is 43.8. The normalized spacial score (nSPS) is 11.4. The van der Waals surface area contributed by atoms with Gasteiger partial charge in [0, 0.05) is 16.9 Å². The molecule has 1 heterocycles. The number of nitrogens with zero attached hydrogens (tertiary/aromatic N) is 1. The highest BCUT2D eigenvalue weighted by molar-refractivity contribution is 7.15. The second kappa shape index (κ2) is 8.65. The summed E-state index contributed by atoms with van der Waals surface area (Å²) in [5.41, 5.74) is 1.49. The number of alkyl halides is 3. The molecule has 0 aliphatic heterocycles. The summed E-state index contributed by atoms with van der Waals surface area (Å²) in [5.74, 6) is -0.243. The maximum Gasteiger partial charge on any atom is 0.416 e. The van der Waals surface area contributed by atoms with Crippen LogP contribution in [0.25, 0.3) is 10.6 Å². The molecule has 152 valence electrons. The number of benzene rings is 2. The molecule has 0 fully saturated rings. The van der Waals surface area contributed by atoms with Crippen LogP contribution in [0.2, 0.25) is 0 Å². The summed E-state index contributed by atoms with van der Waals surface area (Å²) in [6, 6.07) is 11.9. The van der Waals surface area contributed by atoms with Gasteiger partial charge in [0.15, 0.2) is 0 Å². The van der Waals surface area contributed by atoms with Crippen molar-refractivity contribution in [3.63, 3.8) is 0 Å². The van der Waals surface area contributed by atoms with Gasteiger partial charge in [-0.2, -0.15) is 13.2 Å². The van der Waals surface area contributed by atoms with Gasteiger partial charge in [-0.3, -0.25) is 4.79 Å². The van der Waals surface area contributed by atoms with Crippen molar-refractivity contribution in [2.75, 3.05) is 6.61 Å². The number of carboxylic acid groups (broad SMARTS) is 1. The Morgan fingerprint density at radius 2 is 1.76 bits per heavy atom. The fourth-order valence-electron chi connectivity index (χ4n) is 2.72. The smallest absolute Gasteiger partial charge is 0.416 e. The first-order valence-electron chi connectivity index (χ1n) is 8.80. The third-order valence-electron chi connectivity index (χ3n) is 4.23. The number of rotatable bonds is 7. The van der Waals surface area contributed by atoms with Crippen LogP contribution in [-0.2, 0) is 23.8 Å². The molecule has 1 aromatic heterocycles. The van der Waals surface area contributed by atoms with Gasteiger partial charge in [0.1, 0.15) is 10.8 Å². The van der Waals surface area contributed by atoms with Crippen LogP contribution in [0.4, 0.5) is 13.2 Å². The van der Waals surface area contributed by atoms with E-state index in [9.17, 15) is 18.0 Å². The number of hydrogen-bond acceptors (Lipinski definition) is 4. The third kappa shape index (κ3) is 5.57. The Hall–Kier alpha value is -2.87. The summed E-state index contributed by atoms with van der Waals surface area (Å²) in [6.45, 7) is 2.27. The first-order valence-corrected chi connectivity index (χ1v) is 9.61. The molecular weight excluding hydrogens is 403 g/mol. The van der Waals surface area contributed by atoms with Crippen molar-refractivity contribution in [3.05, 3.63) is 70.2 Å². The Labute approximate surface area is 169 Å². The van der Waals surface area contributed by atoms with E-state index in [1.54, 1.807) is 24.3 Å². The molecule has 0 aliphatic rings. The minimum absolute atomic E-state index is 0.0347. The minimum Gasteiger partial charge on any atom is -0.493 e. The number of ether oxygens (including phenoxy) is 1. The van der Waals surface area contributed by atoms with Crippen molar-refractivity contribution < 1.29 is 27.8 Å². The van der Waals surface area contributed by atoms with Crippen molar-refractivity contribution in [1.82, 2.24) is 4.98 Å². The fraction of sp³-hybridized carbons (Fsp3) is 0.238. The van der Waals surface area contributed by atoms with Gasteiger partial charge in [-0.05, 0) is 36.8 Å². The predicted octanol–water partition coefficient (Wildman–Crippen LogP) is 5.39. The van der Waals surface area contributed by atoms with Crippen LogP contribution in [0.15, 0.2) is 48.5 Å². The summed E-state index contributed by atoms with van der Waals surface area (Å²) in [5, 5.41) is 9.45. The van der Waals surface area contributed by atoms with Crippen LogP contribution in [-0.4, -0.2) is 22.7 Å². The highest BCUT2D eigenvalue weighted by Gasteiger charge is 2.30. The van der Waals surface area contributed by atoms with Crippen LogP contribution in [0.1, 0.15) is 21.7 Å². The van der Waals surface area contributed by atoms with Crippen molar-refractivity contribution in [3.8, 4) is 16.3 Å². The Morgan fingerprint density at radius 1 is 1.10 bits per heavy atom. The molecule has 0 aliphatic carbocycles. The maximum absolute atomic E-state index is 12.7. The number of aromatic nitrogens is 1. The van der Waals surface area contributed by atoms with Crippen molar-refractivity contribution in [1.29, 1.82) is 0 Å².